The summed E-state index contributed by atoms with van der Waals surface area (Å²) in [6, 6.07) is -0.577. The van der Waals surface area contributed by atoms with E-state index in [4.69, 9.17) is 0 Å². The van der Waals surface area contributed by atoms with Crippen molar-refractivity contribution >= 4 is 17.8 Å². The Bertz CT molecular complexity index is 386. The minimum absolute atomic E-state index is 0.148. The van der Waals surface area contributed by atoms with Gasteiger partial charge in [-0.2, -0.15) is 0 Å². The van der Waals surface area contributed by atoms with Crippen LogP contribution in [-0.4, -0.2) is 34.5 Å². The van der Waals surface area contributed by atoms with E-state index in [1.165, 1.54) is 0 Å². The lowest BCUT2D eigenvalue weighted by molar-refractivity contribution is -0.148. The molecular formula is C13H20N2O4. The van der Waals surface area contributed by atoms with Crippen LogP contribution in [0.1, 0.15) is 51.4 Å². The summed E-state index contributed by atoms with van der Waals surface area (Å²) in [7, 11) is 0. The molecule has 2 aliphatic rings. The van der Waals surface area contributed by atoms with Crippen LogP contribution in [0.5, 0.6) is 0 Å². The van der Waals surface area contributed by atoms with Crippen molar-refractivity contribution < 1.29 is 19.5 Å². The molecule has 1 heterocycles. The average molecular weight is 268 g/mol. The minimum Gasteiger partial charge on any atom is -0.480 e. The number of rotatable bonds is 3. The van der Waals surface area contributed by atoms with Crippen molar-refractivity contribution in [3.63, 3.8) is 0 Å². The molecule has 3 N–H and O–H groups in total. The van der Waals surface area contributed by atoms with E-state index in [9.17, 15) is 19.5 Å². The molecule has 6 heteroatoms. The Labute approximate surface area is 111 Å². The first-order valence-electron chi connectivity index (χ1n) is 6.88. The number of amides is 2. The van der Waals surface area contributed by atoms with Crippen molar-refractivity contribution in [1.82, 2.24) is 10.6 Å². The largest absolute Gasteiger partial charge is 0.480 e. The molecule has 0 spiro atoms. The van der Waals surface area contributed by atoms with E-state index in [0.29, 0.717) is 25.7 Å². The third-order valence-electron chi connectivity index (χ3n) is 4.04. The van der Waals surface area contributed by atoms with E-state index >= 15 is 0 Å². The van der Waals surface area contributed by atoms with Gasteiger partial charge in [-0.3, -0.25) is 9.59 Å². The molecule has 1 aliphatic carbocycles. The van der Waals surface area contributed by atoms with Crippen molar-refractivity contribution in [2.24, 2.45) is 0 Å². The minimum atomic E-state index is -1.15. The summed E-state index contributed by atoms with van der Waals surface area (Å²) in [4.78, 5) is 34.7. The van der Waals surface area contributed by atoms with Gasteiger partial charge in [0.1, 0.15) is 11.6 Å². The van der Waals surface area contributed by atoms with Gasteiger partial charge in [0.2, 0.25) is 11.8 Å². The lowest BCUT2D eigenvalue weighted by Gasteiger charge is -2.30. The van der Waals surface area contributed by atoms with Gasteiger partial charge in [-0.05, 0) is 19.3 Å². The summed E-state index contributed by atoms with van der Waals surface area (Å²) in [6.45, 7) is 0. The number of carboxylic acids is 1. The molecule has 0 aromatic heterocycles. The van der Waals surface area contributed by atoms with Crippen LogP contribution in [0.4, 0.5) is 0 Å². The third kappa shape index (κ3) is 3.05. The number of hydrogen-bond donors (Lipinski definition) is 3. The van der Waals surface area contributed by atoms with Gasteiger partial charge in [0.25, 0.3) is 0 Å². The highest BCUT2D eigenvalue weighted by Gasteiger charge is 2.42. The van der Waals surface area contributed by atoms with Crippen molar-refractivity contribution in [1.29, 1.82) is 0 Å². The summed E-state index contributed by atoms with van der Waals surface area (Å²) < 4.78 is 0. The zero-order chi connectivity index (χ0) is 13.9. The topological polar surface area (TPSA) is 95.5 Å². The average Bonchev–Trinajstić information content (AvgIpc) is 2.65. The van der Waals surface area contributed by atoms with Gasteiger partial charge in [0.05, 0.1) is 0 Å². The second kappa shape index (κ2) is 5.59. The first-order chi connectivity index (χ1) is 9.03. The van der Waals surface area contributed by atoms with Crippen LogP contribution in [-0.2, 0) is 14.4 Å². The van der Waals surface area contributed by atoms with E-state index in [1.807, 2.05) is 0 Å². The number of carboxylic acid groups (broad SMARTS) is 1. The SMILES string of the molecule is O=C1CC[C@H](C(=O)NC2(C(=O)O)CCCCCC2)N1. The molecule has 0 unspecified atom stereocenters. The first kappa shape index (κ1) is 13.8. The van der Waals surface area contributed by atoms with Gasteiger partial charge in [0.15, 0.2) is 0 Å². The van der Waals surface area contributed by atoms with Gasteiger partial charge in [-0.15, -0.1) is 0 Å². The number of carbonyl (C=O) groups excluding carboxylic acids is 2. The maximum atomic E-state index is 12.1. The zero-order valence-electron chi connectivity index (χ0n) is 10.9. The summed E-state index contributed by atoms with van der Waals surface area (Å²) in [6.07, 6.45) is 5.34. The van der Waals surface area contributed by atoms with Crippen LogP contribution in [0.3, 0.4) is 0 Å². The van der Waals surface area contributed by atoms with Crippen LogP contribution in [0.25, 0.3) is 0 Å². The molecule has 6 nitrogen and oxygen atoms in total. The van der Waals surface area contributed by atoms with Crippen LogP contribution >= 0.6 is 0 Å². The van der Waals surface area contributed by atoms with Crippen molar-refractivity contribution in [2.75, 3.05) is 0 Å². The molecule has 19 heavy (non-hydrogen) atoms. The fourth-order valence-corrected chi connectivity index (χ4v) is 2.86. The quantitative estimate of drug-likeness (QED) is 0.652. The normalized spacial score (nSPS) is 26.3. The van der Waals surface area contributed by atoms with Gasteiger partial charge >= 0.3 is 5.97 Å². The number of aliphatic carboxylic acids is 1. The van der Waals surface area contributed by atoms with Crippen LogP contribution in [0.15, 0.2) is 0 Å². The van der Waals surface area contributed by atoms with Gasteiger partial charge in [-0.25, -0.2) is 4.79 Å². The molecule has 1 aliphatic heterocycles. The predicted molar refractivity (Wildman–Crippen MR) is 67.4 cm³/mol. The second-order valence-electron chi connectivity index (χ2n) is 5.45. The molecule has 2 amide bonds. The van der Waals surface area contributed by atoms with E-state index in [-0.39, 0.29) is 11.8 Å². The molecule has 1 atom stereocenters. The molecule has 2 rings (SSSR count). The molecule has 2 fully saturated rings. The van der Waals surface area contributed by atoms with E-state index in [0.717, 1.165) is 25.7 Å². The Balaban J connectivity index is 2.05. The highest BCUT2D eigenvalue weighted by atomic mass is 16.4. The fraction of sp³-hybridized carbons (Fsp3) is 0.769. The predicted octanol–water partition coefficient (Wildman–Crippen LogP) is 0.559. The summed E-state index contributed by atoms with van der Waals surface area (Å²) in [5, 5.41) is 14.7. The van der Waals surface area contributed by atoms with Gasteiger partial charge in [-0.1, -0.05) is 25.7 Å². The molecule has 106 valence electrons. The maximum Gasteiger partial charge on any atom is 0.329 e. The third-order valence-corrected chi connectivity index (χ3v) is 4.04. The van der Waals surface area contributed by atoms with Gasteiger partial charge < -0.3 is 15.7 Å². The van der Waals surface area contributed by atoms with Crippen LogP contribution < -0.4 is 10.6 Å². The Morgan fingerprint density at radius 2 is 1.84 bits per heavy atom. The summed E-state index contributed by atoms with van der Waals surface area (Å²) >= 11 is 0. The lowest BCUT2D eigenvalue weighted by Crippen LogP contribution is -2.58. The van der Waals surface area contributed by atoms with Crippen molar-refractivity contribution in [2.45, 2.75) is 62.9 Å². The fourth-order valence-electron chi connectivity index (χ4n) is 2.86. The smallest absolute Gasteiger partial charge is 0.329 e. The zero-order valence-corrected chi connectivity index (χ0v) is 10.9. The number of hydrogen-bond acceptors (Lipinski definition) is 3. The van der Waals surface area contributed by atoms with Crippen molar-refractivity contribution in [3.8, 4) is 0 Å². The number of carbonyl (C=O) groups is 3. The standard InChI is InChI=1S/C13H20N2O4/c16-10-6-5-9(14-10)11(17)15-13(12(18)19)7-3-1-2-4-8-13/h9H,1-8H2,(H,14,16)(H,15,17)(H,18,19)/t9-/m1/s1. The first-order valence-corrected chi connectivity index (χ1v) is 6.88. The maximum absolute atomic E-state index is 12.1. The molecule has 1 saturated carbocycles. The number of nitrogens with one attached hydrogen (secondary N) is 2. The van der Waals surface area contributed by atoms with E-state index in [1.54, 1.807) is 0 Å². The van der Waals surface area contributed by atoms with E-state index in [2.05, 4.69) is 10.6 Å². The molecule has 0 radical (unpaired) electrons. The Morgan fingerprint density at radius 3 is 2.32 bits per heavy atom. The Morgan fingerprint density at radius 1 is 1.21 bits per heavy atom. The van der Waals surface area contributed by atoms with Crippen LogP contribution in [0.2, 0.25) is 0 Å². The second-order valence-corrected chi connectivity index (χ2v) is 5.45. The summed E-state index contributed by atoms with van der Waals surface area (Å²) in [5.74, 6) is -1.48. The Hall–Kier alpha value is -1.59. The molecule has 0 bridgehead atoms. The lowest BCUT2D eigenvalue weighted by atomic mass is 9.89. The molecular weight excluding hydrogens is 248 g/mol. The highest BCUT2D eigenvalue weighted by molar-refractivity contribution is 5.94. The van der Waals surface area contributed by atoms with E-state index < -0.39 is 17.6 Å². The molecule has 0 aromatic carbocycles. The van der Waals surface area contributed by atoms with Gasteiger partial charge in [0, 0.05) is 6.42 Å². The monoisotopic (exact) mass is 268 g/mol. The van der Waals surface area contributed by atoms with Crippen LogP contribution in [0, 0.1) is 0 Å². The Kier molecular flexibility index (Phi) is 4.07. The van der Waals surface area contributed by atoms with Crippen molar-refractivity contribution in [3.05, 3.63) is 0 Å². The molecule has 0 aromatic rings. The summed E-state index contributed by atoms with van der Waals surface area (Å²) in [5.41, 5.74) is -1.15. The highest BCUT2D eigenvalue weighted by Crippen LogP contribution is 2.28. The molecule has 1 saturated heterocycles.